The molecule has 1 aromatic heterocycles. The van der Waals surface area contributed by atoms with Gasteiger partial charge in [0.1, 0.15) is 5.69 Å². The highest BCUT2D eigenvalue weighted by atomic mass is 16.5. The second-order valence-corrected chi connectivity index (χ2v) is 6.48. The molecule has 0 spiro atoms. The molecule has 4 heteroatoms. The summed E-state index contributed by atoms with van der Waals surface area (Å²) in [5, 5.41) is 0. The number of hydrogen-bond acceptors (Lipinski definition) is 4. The zero-order chi connectivity index (χ0) is 18.4. The fourth-order valence-corrected chi connectivity index (χ4v) is 3.26. The molecule has 1 aliphatic rings. The standard InChI is InChI=1S/C22H24N2O2/c1-17-13-14-19(23-21(17)22(25)26-2)11-4-3-7-15-24-16-8-10-18-9-5-6-12-20(18)24/h5-6,9,12-14H,3,7-8,10,15-16H2,1-2H3. The predicted molar refractivity (Wildman–Crippen MR) is 103 cm³/mol. The fraction of sp³-hybridized carbons (Fsp3) is 0.364. The summed E-state index contributed by atoms with van der Waals surface area (Å²) < 4.78 is 4.76. The number of carbonyl (C=O) groups excluding carboxylic acids is 1. The number of methoxy groups -OCH3 is 1. The number of esters is 1. The maximum absolute atomic E-state index is 11.7. The van der Waals surface area contributed by atoms with E-state index in [9.17, 15) is 4.79 Å². The zero-order valence-electron chi connectivity index (χ0n) is 15.4. The van der Waals surface area contributed by atoms with Gasteiger partial charge in [-0.1, -0.05) is 30.2 Å². The Labute approximate surface area is 155 Å². The number of aryl methyl sites for hydroxylation is 2. The Bertz CT molecular complexity index is 849. The minimum atomic E-state index is -0.421. The van der Waals surface area contributed by atoms with Gasteiger partial charge >= 0.3 is 5.97 Å². The average molecular weight is 348 g/mol. The summed E-state index contributed by atoms with van der Waals surface area (Å²) in [5.74, 6) is 5.82. The molecule has 0 saturated heterocycles. The van der Waals surface area contributed by atoms with E-state index < -0.39 is 5.97 Å². The Morgan fingerprint density at radius 2 is 2.12 bits per heavy atom. The molecule has 0 saturated carbocycles. The third-order valence-corrected chi connectivity index (χ3v) is 4.63. The molecule has 4 nitrogen and oxygen atoms in total. The smallest absolute Gasteiger partial charge is 0.356 e. The van der Waals surface area contributed by atoms with Gasteiger partial charge in [-0.05, 0) is 55.4 Å². The largest absolute Gasteiger partial charge is 0.464 e. The lowest BCUT2D eigenvalue weighted by atomic mass is 10.0. The van der Waals surface area contributed by atoms with Gasteiger partial charge in [0.25, 0.3) is 0 Å². The number of aromatic nitrogens is 1. The first-order chi connectivity index (χ1) is 12.7. The van der Waals surface area contributed by atoms with Crippen molar-refractivity contribution in [3.8, 4) is 11.8 Å². The average Bonchev–Trinajstić information content (AvgIpc) is 2.68. The molecular formula is C22H24N2O2. The molecule has 0 N–H and O–H groups in total. The van der Waals surface area contributed by atoms with Crippen molar-refractivity contribution in [1.29, 1.82) is 0 Å². The van der Waals surface area contributed by atoms with Crippen LogP contribution < -0.4 is 4.90 Å². The molecule has 0 radical (unpaired) electrons. The highest BCUT2D eigenvalue weighted by molar-refractivity contribution is 5.88. The van der Waals surface area contributed by atoms with Crippen LogP contribution in [0, 0.1) is 18.8 Å². The van der Waals surface area contributed by atoms with E-state index in [2.05, 4.69) is 46.0 Å². The molecule has 0 fully saturated rings. The van der Waals surface area contributed by atoms with Gasteiger partial charge in [0.15, 0.2) is 5.69 Å². The van der Waals surface area contributed by atoms with Gasteiger partial charge in [-0.15, -0.1) is 0 Å². The van der Waals surface area contributed by atoms with Crippen LogP contribution in [0.25, 0.3) is 0 Å². The molecule has 0 unspecified atom stereocenters. The lowest BCUT2D eigenvalue weighted by molar-refractivity contribution is 0.0593. The molecule has 1 aliphatic heterocycles. The van der Waals surface area contributed by atoms with E-state index in [1.54, 1.807) is 0 Å². The van der Waals surface area contributed by atoms with Crippen molar-refractivity contribution in [1.82, 2.24) is 4.98 Å². The Hall–Kier alpha value is -2.80. The number of rotatable bonds is 4. The number of unbranched alkanes of at least 4 members (excludes halogenated alkanes) is 1. The normalized spacial score (nSPS) is 12.8. The van der Waals surface area contributed by atoms with E-state index >= 15 is 0 Å². The molecule has 0 aliphatic carbocycles. The lowest BCUT2D eigenvalue weighted by Crippen LogP contribution is -2.30. The van der Waals surface area contributed by atoms with Crippen molar-refractivity contribution in [3.05, 3.63) is 58.9 Å². The maximum Gasteiger partial charge on any atom is 0.356 e. The summed E-state index contributed by atoms with van der Waals surface area (Å²) in [6.07, 6.45) is 4.21. The number of benzene rings is 1. The minimum absolute atomic E-state index is 0.337. The number of ether oxygens (including phenoxy) is 1. The molecule has 1 aromatic carbocycles. The van der Waals surface area contributed by atoms with Crippen molar-refractivity contribution in [2.24, 2.45) is 0 Å². The van der Waals surface area contributed by atoms with Crippen molar-refractivity contribution < 1.29 is 9.53 Å². The first kappa shape index (κ1) is 18.0. The lowest BCUT2D eigenvalue weighted by Gasteiger charge is -2.31. The van der Waals surface area contributed by atoms with Crippen LogP contribution in [0.5, 0.6) is 0 Å². The van der Waals surface area contributed by atoms with Gasteiger partial charge in [0.05, 0.1) is 7.11 Å². The molecule has 2 heterocycles. The summed E-state index contributed by atoms with van der Waals surface area (Å²) >= 11 is 0. The summed E-state index contributed by atoms with van der Waals surface area (Å²) in [5.41, 5.74) is 4.56. The number of nitrogens with zero attached hydrogens (tertiary/aromatic N) is 2. The summed E-state index contributed by atoms with van der Waals surface area (Å²) in [6, 6.07) is 12.4. The van der Waals surface area contributed by atoms with Crippen molar-refractivity contribution in [2.45, 2.75) is 32.6 Å². The van der Waals surface area contributed by atoms with Crippen LogP contribution in [0.3, 0.4) is 0 Å². The van der Waals surface area contributed by atoms with Crippen LogP contribution in [0.1, 0.15) is 46.6 Å². The van der Waals surface area contributed by atoms with Crippen LogP contribution in [0.15, 0.2) is 36.4 Å². The van der Waals surface area contributed by atoms with Gasteiger partial charge in [0.2, 0.25) is 0 Å². The second-order valence-electron chi connectivity index (χ2n) is 6.48. The van der Waals surface area contributed by atoms with Gasteiger partial charge in [-0.2, -0.15) is 0 Å². The number of carbonyl (C=O) groups is 1. The summed E-state index contributed by atoms with van der Waals surface area (Å²) in [7, 11) is 1.36. The molecule has 26 heavy (non-hydrogen) atoms. The van der Waals surface area contributed by atoms with Crippen molar-refractivity contribution in [2.75, 3.05) is 25.1 Å². The second kappa shape index (κ2) is 8.53. The Morgan fingerprint density at radius 3 is 2.96 bits per heavy atom. The number of anilines is 1. The SMILES string of the molecule is COC(=O)c1nc(C#CCCCN2CCCc3ccccc32)ccc1C. The first-order valence-electron chi connectivity index (χ1n) is 9.06. The quantitative estimate of drug-likeness (QED) is 0.479. The van der Waals surface area contributed by atoms with Crippen LogP contribution in [0.4, 0.5) is 5.69 Å². The molecular weight excluding hydrogens is 324 g/mol. The predicted octanol–water partition coefficient (Wildman–Crippen LogP) is 3.76. The molecule has 0 amide bonds. The Kier molecular flexibility index (Phi) is 5.91. The molecule has 134 valence electrons. The Morgan fingerprint density at radius 1 is 1.27 bits per heavy atom. The topological polar surface area (TPSA) is 42.4 Å². The number of fused-ring (bicyclic) bond motifs is 1. The molecule has 3 rings (SSSR count). The van der Waals surface area contributed by atoms with E-state index in [4.69, 9.17) is 4.74 Å². The van der Waals surface area contributed by atoms with Crippen LogP contribution in [-0.2, 0) is 11.2 Å². The van der Waals surface area contributed by atoms with E-state index in [-0.39, 0.29) is 0 Å². The van der Waals surface area contributed by atoms with Crippen molar-refractivity contribution in [3.63, 3.8) is 0 Å². The van der Waals surface area contributed by atoms with Crippen LogP contribution in [0.2, 0.25) is 0 Å². The summed E-state index contributed by atoms with van der Waals surface area (Å²) in [4.78, 5) is 18.5. The monoisotopic (exact) mass is 348 g/mol. The van der Waals surface area contributed by atoms with E-state index in [1.807, 2.05) is 19.1 Å². The third kappa shape index (κ3) is 4.23. The van der Waals surface area contributed by atoms with Gasteiger partial charge < -0.3 is 9.64 Å². The highest BCUT2D eigenvalue weighted by Crippen LogP contribution is 2.26. The van der Waals surface area contributed by atoms with Crippen molar-refractivity contribution >= 4 is 11.7 Å². The van der Waals surface area contributed by atoms with Gasteiger partial charge in [0, 0.05) is 25.2 Å². The number of para-hydroxylation sites is 1. The van der Waals surface area contributed by atoms with Crippen LogP contribution >= 0.6 is 0 Å². The van der Waals surface area contributed by atoms with E-state index in [0.29, 0.717) is 11.4 Å². The van der Waals surface area contributed by atoms with E-state index in [1.165, 1.54) is 31.2 Å². The summed E-state index contributed by atoms with van der Waals surface area (Å²) in [6.45, 7) is 3.97. The van der Waals surface area contributed by atoms with Gasteiger partial charge in [-0.3, -0.25) is 0 Å². The minimum Gasteiger partial charge on any atom is -0.464 e. The third-order valence-electron chi connectivity index (χ3n) is 4.63. The maximum atomic E-state index is 11.7. The zero-order valence-corrected chi connectivity index (χ0v) is 15.4. The first-order valence-corrected chi connectivity index (χ1v) is 9.06. The molecule has 0 atom stereocenters. The highest BCUT2D eigenvalue weighted by Gasteiger charge is 2.15. The van der Waals surface area contributed by atoms with Gasteiger partial charge in [-0.25, -0.2) is 9.78 Å². The van der Waals surface area contributed by atoms with Crippen LogP contribution in [-0.4, -0.2) is 31.2 Å². The molecule has 2 aromatic rings. The number of pyridine rings is 1. The molecule has 0 bridgehead atoms. The number of hydrogen-bond donors (Lipinski definition) is 0. The fourth-order valence-electron chi connectivity index (χ4n) is 3.26. The van der Waals surface area contributed by atoms with E-state index in [0.717, 1.165) is 31.5 Å². The Balaban J connectivity index is 1.56.